The molecule has 7 nitrogen and oxygen atoms in total. The number of carbonyl (C=O) groups excluding carboxylic acids is 3. The Kier molecular flexibility index (Phi) is 5.98. The van der Waals surface area contributed by atoms with Gasteiger partial charge in [0.2, 0.25) is 5.91 Å². The Labute approximate surface area is 242 Å². The number of nitriles is 1. The predicted molar refractivity (Wildman–Crippen MR) is 157 cm³/mol. The van der Waals surface area contributed by atoms with E-state index in [2.05, 4.69) is 5.32 Å². The number of hydrogen-bond donors (Lipinski definition) is 1. The monoisotopic (exact) mass is 551 g/mol. The summed E-state index contributed by atoms with van der Waals surface area (Å²) in [7, 11) is 0. The van der Waals surface area contributed by atoms with Gasteiger partial charge in [-0.05, 0) is 41.0 Å². The molecule has 1 saturated heterocycles. The molecule has 0 radical (unpaired) electrons. The van der Waals surface area contributed by atoms with E-state index >= 15 is 0 Å². The normalized spacial score (nSPS) is 23.0. The number of rotatable bonds is 6. The van der Waals surface area contributed by atoms with Crippen LogP contribution in [-0.4, -0.2) is 35.0 Å². The molecule has 4 aromatic rings. The summed E-state index contributed by atoms with van der Waals surface area (Å²) in [6.45, 7) is -0.235. The topological polar surface area (TPSA) is 99.5 Å². The second-order valence-electron chi connectivity index (χ2n) is 10.6. The van der Waals surface area contributed by atoms with E-state index in [-0.39, 0.29) is 35.4 Å². The number of hydrogen-bond acceptors (Lipinski definition) is 6. The average Bonchev–Trinajstić information content (AvgIpc) is 3.52. The molecular formula is C35H25N3O4. The third kappa shape index (κ3) is 3.55. The van der Waals surface area contributed by atoms with Crippen molar-refractivity contribution in [2.45, 2.75) is 17.5 Å². The van der Waals surface area contributed by atoms with Gasteiger partial charge in [-0.15, -0.1) is 0 Å². The molecule has 1 fully saturated rings. The van der Waals surface area contributed by atoms with Crippen molar-refractivity contribution >= 4 is 29.2 Å². The van der Waals surface area contributed by atoms with Gasteiger partial charge < -0.3 is 15.0 Å². The quantitative estimate of drug-likeness (QED) is 0.315. The second kappa shape index (κ2) is 9.86. The van der Waals surface area contributed by atoms with Crippen LogP contribution in [0.2, 0.25) is 0 Å². The fourth-order valence-corrected chi connectivity index (χ4v) is 7.02. The van der Waals surface area contributed by atoms with E-state index in [4.69, 9.17) is 10.00 Å². The van der Waals surface area contributed by atoms with Crippen LogP contribution in [0.3, 0.4) is 0 Å². The van der Waals surface area contributed by atoms with Gasteiger partial charge in [0, 0.05) is 17.5 Å². The number of ether oxygens (including phenoxy) is 1. The van der Waals surface area contributed by atoms with Gasteiger partial charge in [0.1, 0.15) is 23.3 Å². The lowest BCUT2D eigenvalue weighted by Gasteiger charge is -2.38. The van der Waals surface area contributed by atoms with Crippen molar-refractivity contribution in [2.24, 2.45) is 5.92 Å². The molecule has 0 aromatic heterocycles. The maximum absolute atomic E-state index is 14.8. The Morgan fingerprint density at radius 3 is 2.43 bits per heavy atom. The number of amides is 1. The molecule has 1 amide bonds. The molecule has 3 heterocycles. The van der Waals surface area contributed by atoms with Crippen LogP contribution < -0.4 is 10.1 Å². The molecule has 7 rings (SSSR count). The number of fused-ring (bicyclic) bond motifs is 6. The SMILES string of the molecule is N#CCOc1ccccc1C(=O)C1C(C(=O)c2ccccc2)C2(C(=O)Nc3ccccc32)C2c3ccccc3C=CN12. The molecule has 4 unspecified atom stereocenters. The second-order valence-corrected chi connectivity index (χ2v) is 10.6. The third-order valence-corrected chi connectivity index (χ3v) is 8.62. The summed E-state index contributed by atoms with van der Waals surface area (Å²) < 4.78 is 5.65. The highest BCUT2D eigenvalue weighted by molar-refractivity contribution is 6.17. The number of ketones is 2. The standard InChI is InChI=1S/C35H25N3O4/c36-19-21-42-28-17-9-6-14-25(28)32(40)30-29(31(39)23-11-2-1-3-12-23)35(26-15-7-8-16-27(26)37-34(35)41)33-24-13-5-4-10-22(24)18-20-38(30)33/h1-18,20,29-30,33H,21H2,(H,37,41). The van der Waals surface area contributed by atoms with Crippen molar-refractivity contribution in [3.05, 3.63) is 137 Å². The molecule has 4 aromatic carbocycles. The summed E-state index contributed by atoms with van der Waals surface area (Å²) in [5.74, 6) is -1.80. The van der Waals surface area contributed by atoms with E-state index < -0.39 is 23.4 Å². The first-order valence-electron chi connectivity index (χ1n) is 13.7. The lowest BCUT2D eigenvalue weighted by Crippen LogP contribution is -2.49. The zero-order chi connectivity index (χ0) is 28.8. The molecule has 3 aliphatic rings. The maximum Gasteiger partial charge on any atom is 0.238 e. The van der Waals surface area contributed by atoms with Crippen molar-refractivity contribution in [3.8, 4) is 11.8 Å². The number of carbonyl (C=O) groups is 3. The van der Waals surface area contributed by atoms with E-state index in [0.717, 1.165) is 11.1 Å². The Balaban J connectivity index is 1.52. The van der Waals surface area contributed by atoms with Crippen LogP contribution in [0.5, 0.6) is 5.75 Å². The number of anilines is 1. The van der Waals surface area contributed by atoms with Gasteiger partial charge in [-0.1, -0.05) is 84.9 Å². The largest absolute Gasteiger partial charge is 0.478 e. The molecule has 0 saturated carbocycles. The summed E-state index contributed by atoms with van der Waals surface area (Å²) in [4.78, 5) is 45.9. The minimum Gasteiger partial charge on any atom is -0.478 e. The number of para-hydroxylation sites is 2. The summed E-state index contributed by atoms with van der Waals surface area (Å²) in [6.07, 6.45) is 3.76. The van der Waals surface area contributed by atoms with Crippen molar-refractivity contribution in [1.29, 1.82) is 5.26 Å². The van der Waals surface area contributed by atoms with Crippen molar-refractivity contribution in [3.63, 3.8) is 0 Å². The van der Waals surface area contributed by atoms with Crippen LogP contribution in [-0.2, 0) is 10.2 Å². The zero-order valence-electron chi connectivity index (χ0n) is 22.4. The fraction of sp³-hybridized carbons (Fsp3) is 0.143. The van der Waals surface area contributed by atoms with E-state index in [9.17, 15) is 14.4 Å². The van der Waals surface area contributed by atoms with Crippen LogP contribution in [0.15, 0.2) is 109 Å². The van der Waals surface area contributed by atoms with Gasteiger partial charge in [-0.2, -0.15) is 5.26 Å². The van der Waals surface area contributed by atoms with Crippen molar-refractivity contribution in [2.75, 3.05) is 11.9 Å². The maximum atomic E-state index is 14.8. The van der Waals surface area contributed by atoms with Crippen molar-refractivity contribution in [1.82, 2.24) is 4.90 Å². The molecular weight excluding hydrogens is 526 g/mol. The van der Waals surface area contributed by atoms with Gasteiger partial charge in [-0.3, -0.25) is 14.4 Å². The van der Waals surface area contributed by atoms with Crippen LogP contribution in [0.1, 0.15) is 43.4 Å². The van der Waals surface area contributed by atoms with Gasteiger partial charge in [0.05, 0.1) is 17.5 Å². The molecule has 1 N–H and O–H groups in total. The number of Topliss-reactive ketones (excluding diaryl/α,β-unsaturated/α-hetero) is 2. The van der Waals surface area contributed by atoms with Gasteiger partial charge in [0.15, 0.2) is 18.2 Å². The molecule has 3 aliphatic heterocycles. The molecule has 4 atom stereocenters. The number of nitrogens with one attached hydrogen (secondary N) is 1. The Bertz CT molecular complexity index is 1830. The Morgan fingerprint density at radius 1 is 0.881 bits per heavy atom. The molecule has 204 valence electrons. The zero-order valence-corrected chi connectivity index (χ0v) is 22.4. The number of benzene rings is 4. The predicted octanol–water partition coefficient (Wildman–Crippen LogP) is 5.57. The minimum absolute atomic E-state index is 0.235. The lowest BCUT2D eigenvalue weighted by molar-refractivity contribution is -0.122. The average molecular weight is 552 g/mol. The first kappa shape index (κ1) is 25.5. The van der Waals surface area contributed by atoms with E-state index in [1.807, 2.05) is 77.8 Å². The fourth-order valence-electron chi connectivity index (χ4n) is 7.02. The van der Waals surface area contributed by atoms with Crippen LogP contribution in [0, 0.1) is 17.2 Å². The highest BCUT2D eigenvalue weighted by Crippen LogP contribution is 2.62. The Hall–Kier alpha value is -5.48. The first-order valence-corrected chi connectivity index (χ1v) is 13.7. The van der Waals surface area contributed by atoms with E-state index in [1.165, 1.54) is 0 Å². The highest BCUT2D eigenvalue weighted by atomic mass is 16.5. The molecule has 0 bridgehead atoms. The lowest BCUT2D eigenvalue weighted by atomic mass is 9.62. The van der Waals surface area contributed by atoms with Gasteiger partial charge >= 0.3 is 0 Å². The molecule has 1 spiro atoms. The third-order valence-electron chi connectivity index (χ3n) is 8.62. The Morgan fingerprint density at radius 2 is 1.60 bits per heavy atom. The number of nitrogens with zero attached hydrogens (tertiary/aromatic N) is 2. The van der Waals surface area contributed by atoms with E-state index in [0.29, 0.717) is 16.8 Å². The summed E-state index contributed by atoms with van der Waals surface area (Å²) in [5, 5.41) is 12.2. The molecule has 0 aliphatic carbocycles. The van der Waals surface area contributed by atoms with Crippen LogP contribution in [0.4, 0.5) is 5.69 Å². The van der Waals surface area contributed by atoms with Crippen LogP contribution >= 0.6 is 0 Å². The molecule has 42 heavy (non-hydrogen) atoms. The summed E-state index contributed by atoms with van der Waals surface area (Å²) in [6, 6.07) is 31.0. The highest BCUT2D eigenvalue weighted by Gasteiger charge is 2.70. The molecule has 7 heteroatoms. The van der Waals surface area contributed by atoms with Gasteiger partial charge in [-0.25, -0.2) is 0 Å². The summed E-state index contributed by atoms with van der Waals surface area (Å²) >= 11 is 0. The van der Waals surface area contributed by atoms with Crippen molar-refractivity contribution < 1.29 is 19.1 Å². The summed E-state index contributed by atoms with van der Waals surface area (Å²) in [5.41, 5.74) is 2.36. The smallest absolute Gasteiger partial charge is 0.238 e. The minimum atomic E-state index is -1.41. The first-order chi connectivity index (χ1) is 20.6. The van der Waals surface area contributed by atoms with E-state index in [1.54, 1.807) is 48.5 Å². The van der Waals surface area contributed by atoms with Gasteiger partial charge in [0.25, 0.3) is 0 Å². The van der Waals surface area contributed by atoms with Crippen LogP contribution in [0.25, 0.3) is 6.08 Å².